The van der Waals surface area contributed by atoms with Gasteiger partial charge in [-0.25, -0.2) is 4.79 Å². The van der Waals surface area contributed by atoms with Gasteiger partial charge in [0.05, 0.1) is 23.4 Å². The monoisotopic (exact) mass is 563 g/mol. The molecule has 2 aliphatic rings. The predicted octanol–water partition coefficient (Wildman–Crippen LogP) is 2.03. The first-order valence-electron chi connectivity index (χ1n) is 13.3. The Balaban J connectivity index is 1.15. The van der Waals surface area contributed by atoms with Crippen LogP contribution in [0.15, 0.2) is 48.5 Å². The molecule has 0 aliphatic carbocycles. The van der Waals surface area contributed by atoms with Crippen molar-refractivity contribution in [1.29, 1.82) is 0 Å². The Kier molecular flexibility index (Phi) is 9.69. The second-order valence-corrected chi connectivity index (χ2v) is 9.48. The third-order valence-electron chi connectivity index (χ3n) is 6.62. The molecule has 1 saturated heterocycles. The third-order valence-corrected chi connectivity index (χ3v) is 6.62. The van der Waals surface area contributed by atoms with E-state index in [-0.39, 0.29) is 60.8 Å². The molecule has 12 heteroatoms. The maximum atomic E-state index is 13.1. The largest absolute Gasteiger partial charge is 0.457 e. The molecule has 0 radical (unpaired) electrons. The van der Waals surface area contributed by atoms with Crippen molar-refractivity contribution in [3.05, 3.63) is 65.2 Å². The number of imide groups is 2. The lowest BCUT2D eigenvalue weighted by molar-refractivity contribution is -0.139. The average molecular weight is 564 g/mol. The molecular weight excluding hydrogens is 534 g/mol. The van der Waals surface area contributed by atoms with Crippen LogP contribution in [0, 0.1) is 0 Å². The van der Waals surface area contributed by atoms with Crippen molar-refractivity contribution in [3.63, 3.8) is 0 Å². The predicted molar refractivity (Wildman–Crippen MR) is 143 cm³/mol. The summed E-state index contributed by atoms with van der Waals surface area (Å²) in [6, 6.07) is 11.5. The number of unbranched alkanes of at least 4 members (excludes halogenated alkanes) is 2. The smallest absolute Gasteiger partial charge is 0.379 e. The van der Waals surface area contributed by atoms with Gasteiger partial charge in [-0.1, -0.05) is 42.8 Å². The standard InChI is InChI=1S/C29H29N3O9/c33-22(12-5-2-6-15-40-16-17-41-29(39)25(35)18-8-3-1-4-9-18)30-20-11-7-10-19-24(20)28(38)32(27(19)37)21-13-14-23(34)31-26(21)36/h1,3-4,7-11,21H,2,5-6,12-17H2,(H,30,33)(H,31,34,36). The Morgan fingerprint density at radius 2 is 1.66 bits per heavy atom. The molecule has 0 aromatic heterocycles. The molecule has 2 heterocycles. The minimum absolute atomic E-state index is 0.0155. The summed E-state index contributed by atoms with van der Waals surface area (Å²) in [4.78, 5) is 86.8. The lowest BCUT2D eigenvalue weighted by Crippen LogP contribution is -2.54. The first-order valence-corrected chi connectivity index (χ1v) is 13.3. The number of nitrogens with one attached hydrogen (secondary N) is 2. The van der Waals surface area contributed by atoms with Gasteiger partial charge in [0.25, 0.3) is 17.6 Å². The van der Waals surface area contributed by atoms with Gasteiger partial charge >= 0.3 is 5.97 Å². The zero-order valence-corrected chi connectivity index (χ0v) is 22.2. The zero-order valence-electron chi connectivity index (χ0n) is 22.2. The number of hydrogen-bond acceptors (Lipinski definition) is 9. The number of Topliss-reactive ketones (excluding diaryl/α,β-unsaturated/α-hetero) is 1. The van der Waals surface area contributed by atoms with E-state index in [0.29, 0.717) is 25.9 Å². The molecule has 2 N–H and O–H groups in total. The number of nitrogens with zero attached hydrogens (tertiary/aromatic N) is 1. The second kappa shape index (κ2) is 13.6. The third kappa shape index (κ3) is 7.09. The van der Waals surface area contributed by atoms with Gasteiger partial charge in [-0.2, -0.15) is 0 Å². The fourth-order valence-corrected chi connectivity index (χ4v) is 4.57. The Morgan fingerprint density at radius 3 is 2.41 bits per heavy atom. The van der Waals surface area contributed by atoms with E-state index in [4.69, 9.17) is 9.47 Å². The van der Waals surface area contributed by atoms with Crippen molar-refractivity contribution in [2.45, 2.75) is 44.6 Å². The lowest BCUT2D eigenvalue weighted by Gasteiger charge is -2.27. The first-order chi connectivity index (χ1) is 19.8. The second-order valence-electron chi connectivity index (χ2n) is 9.48. The number of benzene rings is 2. The molecule has 0 bridgehead atoms. The molecular formula is C29H29N3O9. The van der Waals surface area contributed by atoms with Crippen molar-refractivity contribution in [2.24, 2.45) is 0 Å². The van der Waals surface area contributed by atoms with Crippen molar-refractivity contribution in [1.82, 2.24) is 10.2 Å². The number of esters is 1. The Labute approximate surface area is 235 Å². The highest BCUT2D eigenvalue weighted by Gasteiger charge is 2.45. The molecule has 1 unspecified atom stereocenters. The van der Waals surface area contributed by atoms with Crippen LogP contribution in [0.25, 0.3) is 0 Å². The number of amides is 5. The number of hydrogen-bond donors (Lipinski definition) is 2. The summed E-state index contributed by atoms with van der Waals surface area (Å²) in [7, 11) is 0. The zero-order chi connectivity index (χ0) is 29.4. The number of rotatable bonds is 13. The van der Waals surface area contributed by atoms with Crippen LogP contribution in [0.3, 0.4) is 0 Å². The van der Waals surface area contributed by atoms with Crippen LogP contribution in [0.4, 0.5) is 5.69 Å². The van der Waals surface area contributed by atoms with Crippen molar-refractivity contribution in [3.8, 4) is 0 Å². The maximum Gasteiger partial charge on any atom is 0.379 e. The summed E-state index contributed by atoms with van der Waals surface area (Å²) in [6.45, 7) is 0.462. The highest BCUT2D eigenvalue weighted by Crippen LogP contribution is 2.32. The topological polar surface area (TPSA) is 165 Å². The van der Waals surface area contributed by atoms with Crippen LogP contribution < -0.4 is 10.6 Å². The summed E-state index contributed by atoms with van der Waals surface area (Å²) in [5.41, 5.74) is 0.553. The Bertz CT molecular complexity index is 1370. The molecule has 0 spiro atoms. The molecule has 2 aromatic carbocycles. The molecule has 41 heavy (non-hydrogen) atoms. The number of anilines is 1. The Hall–Kier alpha value is -4.71. The molecule has 12 nitrogen and oxygen atoms in total. The molecule has 1 atom stereocenters. The van der Waals surface area contributed by atoms with E-state index < -0.39 is 41.4 Å². The van der Waals surface area contributed by atoms with E-state index >= 15 is 0 Å². The van der Waals surface area contributed by atoms with E-state index in [1.54, 1.807) is 24.3 Å². The lowest BCUT2D eigenvalue weighted by atomic mass is 10.0. The van der Waals surface area contributed by atoms with Crippen LogP contribution in [-0.2, 0) is 28.7 Å². The van der Waals surface area contributed by atoms with E-state index in [1.165, 1.54) is 24.3 Å². The van der Waals surface area contributed by atoms with Gasteiger partial charge in [0.1, 0.15) is 12.6 Å². The van der Waals surface area contributed by atoms with E-state index in [1.807, 2.05) is 0 Å². The van der Waals surface area contributed by atoms with Gasteiger partial charge in [-0.3, -0.25) is 39.0 Å². The number of piperidine rings is 1. The van der Waals surface area contributed by atoms with Gasteiger partial charge < -0.3 is 14.8 Å². The normalized spacial score (nSPS) is 16.3. The van der Waals surface area contributed by atoms with Crippen molar-refractivity contribution < 1.29 is 43.0 Å². The maximum absolute atomic E-state index is 13.1. The van der Waals surface area contributed by atoms with Crippen LogP contribution in [0.2, 0.25) is 0 Å². The van der Waals surface area contributed by atoms with Crippen LogP contribution >= 0.6 is 0 Å². The minimum Gasteiger partial charge on any atom is -0.457 e. The van der Waals surface area contributed by atoms with Crippen molar-refractivity contribution in [2.75, 3.05) is 25.1 Å². The minimum atomic E-state index is -1.09. The number of carbonyl (C=O) groups is 7. The van der Waals surface area contributed by atoms with E-state index in [0.717, 1.165) is 4.90 Å². The van der Waals surface area contributed by atoms with Gasteiger partial charge in [-0.05, 0) is 31.4 Å². The van der Waals surface area contributed by atoms with Gasteiger partial charge in [0, 0.05) is 25.0 Å². The van der Waals surface area contributed by atoms with E-state index in [9.17, 15) is 33.6 Å². The van der Waals surface area contributed by atoms with Gasteiger partial charge in [-0.15, -0.1) is 0 Å². The first kappa shape index (κ1) is 29.3. The highest BCUT2D eigenvalue weighted by molar-refractivity contribution is 6.40. The fourth-order valence-electron chi connectivity index (χ4n) is 4.57. The van der Waals surface area contributed by atoms with Crippen LogP contribution in [0.5, 0.6) is 0 Å². The van der Waals surface area contributed by atoms with Crippen molar-refractivity contribution >= 4 is 47.0 Å². The van der Waals surface area contributed by atoms with Crippen LogP contribution in [-0.4, -0.2) is 72.1 Å². The van der Waals surface area contributed by atoms with Gasteiger partial charge in [0.2, 0.25) is 17.7 Å². The summed E-state index contributed by atoms with van der Waals surface area (Å²) in [5, 5.41) is 4.83. The molecule has 4 rings (SSSR count). The van der Waals surface area contributed by atoms with Crippen LogP contribution in [0.1, 0.15) is 69.6 Å². The summed E-state index contributed by atoms with van der Waals surface area (Å²) in [6.07, 6.45) is 2.09. The SMILES string of the molecule is O=C1CCC(N2C(=O)c3cccc(NC(=O)CCCCCOCCOC(=O)C(=O)c4ccccc4)c3C2=O)C(=O)N1. The summed E-state index contributed by atoms with van der Waals surface area (Å²) >= 11 is 0. The molecule has 1 fully saturated rings. The number of ketones is 1. The fraction of sp³-hybridized carbons (Fsp3) is 0.345. The number of fused-ring (bicyclic) bond motifs is 1. The van der Waals surface area contributed by atoms with E-state index in [2.05, 4.69) is 10.6 Å². The molecule has 2 aliphatic heterocycles. The summed E-state index contributed by atoms with van der Waals surface area (Å²) in [5.74, 6) is -4.49. The molecule has 0 saturated carbocycles. The summed E-state index contributed by atoms with van der Waals surface area (Å²) < 4.78 is 10.3. The van der Waals surface area contributed by atoms with Gasteiger partial charge in [0.15, 0.2) is 0 Å². The molecule has 5 amide bonds. The molecule has 2 aromatic rings. The molecule has 214 valence electrons. The number of ether oxygens (including phenoxy) is 2. The Morgan fingerprint density at radius 1 is 0.878 bits per heavy atom. The average Bonchev–Trinajstić information content (AvgIpc) is 3.22. The highest BCUT2D eigenvalue weighted by atomic mass is 16.6. The quantitative estimate of drug-likeness (QED) is 0.122. The number of carbonyl (C=O) groups excluding carboxylic acids is 7.